The minimum atomic E-state index is -0.227. The van der Waals surface area contributed by atoms with Crippen molar-refractivity contribution < 1.29 is 9.36 Å². The average Bonchev–Trinajstić information content (AvgIpc) is 2.37. The third-order valence-corrected chi connectivity index (χ3v) is 2.36. The molecule has 0 aliphatic rings. The Morgan fingerprint density at radius 1 is 1.50 bits per heavy atom. The predicted octanol–water partition coefficient (Wildman–Crippen LogP) is 1.65. The van der Waals surface area contributed by atoms with Gasteiger partial charge in [0.2, 0.25) is 17.8 Å². The minimum absolute atomic E-state index is 0.227. The van der Waals surface area contributed by atoms with Crippen LogP contribution in [0.1, 0.15) is 20.8 Å². The van der Waals surface area contributed by atoms with Gasteiger partial charge < -0.3 is 0 Å². The van der Waals surface area contributed by atoms with Crippen molar-refractivity contribution in [2.24, 2.45) is 5.41 Å². The Hall–Kier alpha value is -0.700. The van der Waals surface area contributed by atoms with Crippen LogP contribution in [-0.4, -0.2) is 5.78 Å². The third-order valence-electron chi connectivity index (χ3n) is 1.69. The Bertz CT molecular complexity index is 259. The fraction of sp³-hybridized carbons (Fsp3) is 0.556. The van der Waals surface area contributed by atoms with E-state index in [0.717, 1.165) is 0 Å². The van der Waals surface area contributed by atoms with Crippen LogP contribution in [-0.2, 0) is 11.3 Å². The van der Waals surface area contributed by atoms with Gasteiger partial charge in [0, 0.05) is 5.41 Å². The van der Waals surface area contributed by atoms with Crippen molar-refractivity contribution in [3.05, 3.63) is 17.1 Å². The van der Waals surface area contributed by atoms with E-state index in [4.69, 9.17) is 0 Å². The van der Waals surface area contributed by atoms with Crippen LogP contribution in [0.25, 0.3) is 0 Å². The fourth-order valence-electron chi connectivity index (χ4n) is 0.755. The van der Waals surface area contributed by atoms with Crippen molar-refractivity contribution in [3.8, 4) is 0 Å². The van der Waals surface area contributed by atoms with Crippen LogP contribution in [0.2, 0.25) is 0 Å². The number of hydrogen-bond donors (Lipinski definition) is 0. The molecule has 0 fully saturated rings. The number of ketones is 1. The topological polar surface area (TPSA) is 20.9 Å². The zero-order valence-corrected chi connectivity index (χ0v) is 8.52. The van der Waals surface area contributed by atoms with Crippen LogP contribution in [0.4, 0.5) is 0 Å². The number of Topliss-reactive ketones (excluding diaryl/α,β-unsaturated/α-hetero) is 1. The standard InChI is InChI=1S/C9H14NOS/c1-9(2,3)8(11)6-10-4-5-12-7-10/h4-5,7H,6H2,1-3H3/q+1. The summed E-state index contributed by atoms with van der Waals surface area (Å²) in [6.07, 6.45) is 1.92. The second kappa shape index (κ2) is 3.35. The Labute approximate surface area is 76.9 Å². The molecule has 2 nitrogen and oxygen atoms in total. The third kappa shape index (κ3) is 2.41. The Balaban J connectivity index is 2.60. The van der Waals surface area contributed by atoms with Gasteiger partial charge in [0.05, 0.1) is 5.38 Å². The summed E-state index contributed by atoms with van der Waals surface area (Å²) in [5.41, 5.74) is 1.72. The highest BCUT2D eigenvalue weighted by Crippen LogP contribution is 2.14. The number of aromatic nitrogens is 1. The molecule has 0 aliphatic heterocycles. The van der Waals surface area contributed by atoms with E-state index in [-0.39, 0.29) is 11.2 Å². The fourth-order valence-corrected chi connectivity index (χ4v) is 1.35. The lowest BCUT2D eigenvalue weighted by Gasteiger charge is -2.12. The number of nitrogens with zero attached hydrogens (tertiary/aromatic N) is 1. The van der Waals surface area contributed by atoms with Gasteiger partial charge in [0.1, 0.15) is 0 Å². The molecule has 3 heteroatoms. The Morgan fingerprint density at radius 2 is 2.17 bits per heavy atom. The van der Waals surface area contributed by atoms with Gasteiger partial charge in [-0.2, -0.15) is 4.57 Å². The molecule has 0 aliphatic carbocycles. The molecule has 1 aromatic rings. The predicted molar refractivity (Wildman–Crippen MR) is 49.0 cm³/mol. The lowest BCUT2D eigenvalue weighted by molar-refractivity contribution is -0.680. The Kier molecular flexibility index (Phi) is 2.62. The van der Waals surface area contributed by atoms with Crippen LogP contribution in [0.5, 0.6) is 0 Å². The monoisotopic (exact) mass is 184 g/mol. The molecule has 1 aromatic heterocycles. The van der Waals surface area contributed by atoms with Crippen molar-refractivity contribution >= 4 is 17.1 Å². The highest BCUT2D eigenvalue weighted by atomic mass is 32.1. The molecule has 12 heavy (non-hydrogen) atoms. The van der Waals surface area contributed by atoms with Gasteiger partial charge in [-0.1, -0.05) is 32.1 Å². The molecule has 0 atom stereocenters. The van der Waals surface area contributed by atoms with E-state index < -0.39 is 0 Å². The normalized spacial score (nSPS) is 11.6. The second-order valence-corrected chi connectivity index (χ2v) is 4.63. The second-order valence-electron chi connectivity index (χ2n) is 3.87. The summed E-state index contributed by atoms with van der Waals surface area (Å²) >= 11 is 1.60. The quantitative estimate of drug-likeness (QED) is 0.640. The van der Waals surface area contributed by atoms with Crippen LogP contribution >= 0.6 is 11.3 Å². The van der Waals surface area contributed by atoms with Gasteiger partial charge in [-0.15, -0.1) is 0 Å². The zero-order chi connectivity index (χ0) is 9.19. The van der Waals surface area contributed by atoms with Crippen LogP contribution in [0.15, 0.2) is 17.1 Å². The molecule has 0 amide bonds. The number of carbonyl (C=O) groups excluding carboxylic acids is 1. The Morgan fingerprint density at radius 3 is 2.58 bits per heavy atom. The molecule has 0 N–H and O–H groups in total. The van der Waals surface area contributed by atoms with Gasteiger partial charge in [0.15, 0.2) is 6.20 Å². The smallest absolute Gasteiger partial charge is 0.225 e. The van der Waals surface area contributed by atoms with Gasteiger partial charge >= 0.3 is 0 Å². The summed E-state index contributed by atoms with van der Waals surface area (Å²) in [5, 5.41) is 1.97. The molecule has 0 aromatic carbocycles. The van der Waals surface area contributed by atoms with Crippen LogP contribution < -0.4 is 4.57 Å². The van der Waals surface area contributed by atoms with E-state index in [1.165, 1.54) is 0 Å². The highest BCUT2D eigenvalue weighted by Gasteiger charge is 2.24. The molecule has 1 rings (SSSR count). The van der Waals surface area contributed by atoms with Crippen molar-refractivity contribution in [2.75, 3.05) is 0 Å². The molecule has 0 saturated heterocycles. The number of hydrogen-bond acceptors (Lipinski definition) is 2. The van der Waals surface area contributed by atoms with Crippen molar-refractivity contribution in [1.29, 1.82) is 0 Å². The SMILES string of the molecule is CC(C)(C)C(=O)C[n+]1ccsc1. The maximum atomic E-state index is 11.5. The van der Waals surface area contributed by atoms with Gasteiger partial charge in [-0.05, 0) is 0 Å². The molecule has 1 heterocycles. The highest BCUT2D eigenvalue weighted by molar-refractivity contribution is 7.07. The number of rotatable bonds is 2. The average molecular weight is 184 g/mol. The summed E-state index contributed by atoms with van der Waals surface area (Å²) < 4.78 is 1.91. The molecular weight excluding hydrogens is 170 g/mol. The number of thiazole rings is 1. The first kappa shape index (κ1) is 9.39. The van der Waals surface area contributed by atoms with E-state index in [2.05, 4.69) is 0 Å². The molecule has 0 bridgehead atoms. The van der Waals surface area contributed by atoms with E-state index in [1.807, 2.05) is 42.4 Å². The van der Waals surface area contributed by atoms with E-state index in [1.54, 1.807) is 11.3 Å². The minimum Gasteiger partial charge on any atom is -0.292 e. The van der Waals surface area contributed by atoms with Crippen molar-refractivity contribution in [2.45, 2.75) is 27.3 Å². The van der Waals surface area contributed by atoms with Crippen molar-refractivity contribution in [1.82, 2.24) is 0 Å². The number of carbonyl (C=O) groups is 1. The first-order chi connectivity index (χ1) is 5.50. The zero-order valence-electron chi connectivity index (χ0n) is 7.70. The van der Waals surface area contributed by atoms with Gasteiger partial charge in [0.25, 0.3) is 0 Å². The molecule has 0 radical (unpaired) electrons. The van der Waals surface area contributed by atoms with Crippen LogP contribution in [0.3, 0.4) is 0 Å². The van der Waals surface area contributed by atoms with Crippen molar-refractivity contribution in [3.63, 3.8) is 0 Å². The summed E-state index contributed by atoms with van der Waals surface area (Å²) in [5.74, 6) is 0.269. The maximum absolute atomic E-state index is 11.5. The molecule has 66 valence electrons. The first-order valence-corrected chi connectivity index (χ1v) is 4.89. The first-order valence-electron chi connectivity index (χ1n) is 3.95. The maximum Gasteiger partial charge on any atom is 0.225 e. The summed E-state index contributed by atoms with van der Waals surface area (Å²) in [4.78, 5) is 11.5. The van der Waals surface area contributed by atoms with E-state index in [0.29, 0.717) is 6.54 Å². The van der Waals surface area contributed by atoms with E-state index >= 15 is 0 Å². The molecule has 0 unspecified atom stereocenters. The lowest BCUT2D eigenvalue weighted by atomic mass is 9.91. The van der Waals surface area contributed by atoms with Gasteiger partial charge in [-0.25, -0.2) is 0 Å². The summed E-state index contributed by atoms with van der Waals surface area (Å²) in [6.45, 7) is 6.33. The largest absolute Gasteiger partial charge is 0.292 e. The summed E-state index contributed by atoms with van der Waals surface area (Å²) in [7, 11) is 0. The molecule has 0 saturated carbocycles. The van der Waals surface area contributed by atoms with Crippen LogP contribution in [0, 0.1) is 5.41 Å². The van der Waals surface area contributed by atoms with Gasteiger partial charge in [-0.3, -0.25) is 4.79 Å². The summed E-state index contributed by atoms with van der Waals surface area (Å²) in [6, 6.07) is 0. The molecule has 0 spiro atoms. The van der Waals surface area contributed by atoms with E-state index in [9.17, 15) is 4.79 Å². The molecular formula is C9H14NOS+. The lowest BCUT2D eigenvalue weighted by Crippen LogP contribution is -2.39.